The fourth-order valence-electron chi connectivity index (χ4n) is 4.05. The third-order valence-corrected chi connectivity index (χ3v) is 6.72. The highest BCUT2D eigenvalue weighted by Crippen LogP contribution is 2.38. The van der Waals surface area contributed by atoms with Crippen LogP contribution >= 0.6 is 0 Å². The molecule has 2 saturated heterocycles. The third kappa shape index (κ3) is 4.12. The van der Waals surface area contributed by atoms with Crippen molar-refractivity contribution < 1.29 is 23.9 Å². The van der Waals surface area contributed by atoms with Crippen LogP contribution < -0.4 is 15.1 Å². The number of hydrogen-bond acceptors (Lipinski definition) is 5. The van der Waals surface area contributed by atoms with Gasteiger partial charge in [-0.15, -0.1) is 0 Å². The van der Waals surface area contributed by atoms with Gasteiger partial charge in [0.2, 0.25) is 0 Å². The molecule has 3 rings (SSSR count). The Hall–Kier alpha value is -1.93. The molecule has 0 spiro atoms. The van der Waals surface area contributed by atoms with E-state index in [0.717, 1.165) is 11.2 Å². The Kier molecular flexibility index (Phi) is 5.80. The lowest BCUT2D eigenvalue weighted by atomic mass is 9.78. The maximum Gasteiger partial charge on any atom is 0.498 e. The highest BCUT2D eigenvalue weighted by atomic mass is 16.7. The van der Waals surface area contributed by atoms with Crippen molar-refractivity contribution in [3.63, 3.8) is 0 Å². The van der Waals surface area contributed by atoms with Crippen molar-refractivity contribution >= 4 is 24.4 Å². The Morgan fingerprint density at radius 2 is 1.77 bits per heavy atom. The van der Waals surface area contributed by atoms with Crippen molar-refractivity contribution in [1.29, 1.82) is 0 Å². The predicted octanol–water partition coefficient (Wildman–Crippen LogP) is 3.21. The van der Waals surface area contributed by atoms with Crippen molar-refractivity contribution in [1.82, 2.24) is 4.90 Å². The van der Waals surface area contributed by atoms with Crippen LogP contribution in [0.15, 0.2) is 18.2 Å². The topological polar surface area (TPSA) is 71.5 Å². The van der Waals surface area contributed by atoms with Gasteiger partial charge in [-0.2, -0.15) is 0 Å². The van der Waals surface area contributed by atoms with Gasteiger partial charge in [0.25, 0.3) is 0 Å². The van der Waals surface area contributed by atoms with Gasteiger partial charge < -0.3 is 29.0 Å². The number of carboxylic acid groups (broad SMARTS) is 1. The lowest BCUT2D eigenvalue weighted by Gasteiger charge is -2.46. The number of anilines is 1. The predicted molar refractivity (Wildman–Crippen MR) is 119 cm³/mol. The SMILES string of the molecule is COc1cc(N2CCN(C(=O)O)C(C(C)(C)C)C2)ccc1B1OC(C)(C)C(C)(C)O1. The molecule has 2 heterocycles. The first-order valence-electron chi connectivity index (χ1n) is 10.5. The van der Waals surface area contributed by atoms with E-state index in [-0.39, 0.29) is 11.5 Å². The summed E-state index contributed by atoms with van der Waals surface area (Å²) in [6, 6.07) is 5.93. The smallest absolute Gasteiger partial charge is 0.497 e. The molecule has 30 heavy (non-hydrogen) atoms. The van der Waals surface area contributed by atoms with Crippen LogP contribution in [-0.2, 0) is 9.31 Å². The zero-order valence-electron chi connectivity index (χ0n) is 19.5. The molecule has 2 aliphatic heterocycles. The van der Waals surface area contributed by atoms with Gasteiger partial charge in [-0.1, -0.05) is 26.8 Å². The molecule has 1 atom stereocenters. The van der Waals surface area contributed by atoms with Crippen molar-refractivity contribution in [2.24, 2.45) is 5.41 Å². The normalized spacial score (nSPS) is 23.6. The summed E-state index contributed by atoms with van der Waals surface area (Å²) in [4.78, 5) is 15.5. The fraction of sp³-hybridized carbons (Fsp3) is 0.682. The van der Waals surface area contributed by atoms with Gasteiger partial charge in [0.05, 0.1) is 24.4 Å². The van der Waals surface area contributed by atoms with Crippen LogP contribution in [0.25, 0.3) is 0 Å². The molecule has 0 aliphatic carbocycles. The molecule has 0 radical (unpaired) electrons. The average Bonchev–Trinajstić information content (AvgIpc) is 2.87. The number of hydrogen-bond donors (Lipinski definition) is 1. The van der Waals surface area contributed by atoms with E-state index in [9.17, 15) is 9.90 Å². The number of nitrogens with zero attached hydrogens (tertiary/aromatic N) is 2. The molecule has 1 aromatic carbocycles. The summed E-state index contributed by atoms with van der Waals surface area (Å²) in [6.45, 7) is 16.1. The molecule has 1 unspecified atom stereocenters. The number of rotatable bonds is 3. The molecule has 7 nitrogen and oxygen atoms in total. The Morgan fingerprint density at radius 3 is 2.27 bits per heavy atom. The first-order valence-corrected chi connectivity index (χ1v) is 10.5. The van der Waals surface area contributed by atoms with Crippen molar-refractivity contribution in [3.8, 4) is 5.75 Å². The summed E-state index contributed by atoms with van der Waals surface area (Å²) in [5.41, 5.74) is 0.856. The number of carbonyl (C=O) groups is 1. The van der Waals surface area contributed by atoms with E-state index < -0.39 is 24.4 Å². The molecule has 8 heteroatoms. The van der Waals surface area contributed by atoms with Crippen LogP contribution in [0.5, 0.6) is 5.75 Å². The minimum Gasteiger partial charge on any atom is -0.497 e. The molecule has 0 saturated carbocycles. The van der Waals surface area contributed by atoms with Crippen LogP contribution in [0.3, 0.4) is 0 Å². The molecular weight excluding hydrogens is 383 g/mol. The first kappa shape index (κ1) is 22.8. The highest BCUT2D eigenvalue weighted by Gasteiger charge is 2.52. The molecule has 0 bridgehead atoms. The second-order valence-corrected chi connectivity index (χ2v) is 10.3. The van der Waals surface area contributed by atoms with Crippen LogP contribution in [0, 0.1) is 5.41 Å². The molecule has 2 aliphatic rings. The molecule has 2 fully saturated rings. The quantitative estimate of drug-likeness (QED) is 0.761. The highest BCUT2D eigenvalue weighted by molar-refractivity contribution is 6.63. The van der Waals surface area contributed by atoms with E-state index in [1.807, 2.05) is 45.9 Å². The van der Waals surface area contributed by atoms with Gasteiger partial charge in [0, 0.05) is 36.9 Å². The number of ether oxygens (including phenoxy) is 1. The minimum atomic E-state index is -0.858. The summed E-state index contributed by atoms with van der Waals surface area (Å²) in [7, 11) is 1.15. The van der Waals surface area contributed by atoms with Crippen LogP contribution in [0.4, 0.5) is 10.5 Å². The average molecular weight is 418 g/mol. The second-order valence-electron chi connectivity index (χ2n) is 10.3. The Labute approximate surface area is 180 Å². The van der Waals surface area contributed by atoms with Gasteiger partial charge in [0.15, 0.2) is 0 Å². The van der Waals surface area contributed by atoms with E-state index in [0.29, 0.717) is 25.4 Å². The number of benzene rings is 1. The van der Waals surface area contributed by atoms with Gasteiger partial charge >= 0.3 is 13.2 Å². The molecule has 1 N–H and O–H groups in total. The van der Waals surface area contributed by atoms with Gasteiger partial charge in [-0.05, 0) is 39.2 Å². The fourth-order valence-corrected chi connectivity index (χ4v) is 4.05. The maximum absolute atomic E-state index is 11.7. The number of methoxy groups -OCH3 is 1. The van der Waals surface area contributed by atoms with E-state index in [2.05, 4.69) is 25.7 Å². The largest absolute Gasteiger partial charge is 0.498 e. The van der Waals surface area contributed by atoms with E-state index >= 15 is 0 Å². The second kappa shape index (κ2) is 7.64. The molecular formula is C22H35BN2O5. The lowest BCUT2D eigenvalue weighted by Crippen LogP contribution is -2.59. The van der Waals surface area contributed by atoms with Crippen LogP contribution in [-0.4, -0.2) is 67.2 Å². The molecule has 1 amide bonds. The standard InChI is InChI=1S/C22H35BN2O5/c1-20(2,3)18-14-24(11-12-25(18)19(26)27)15-9-10-16(17(13-15)28-8)23-29-21(4,5)22(6,7)30-23/h9-10,13,18H,11-12,14H2,1-8H3,(H,26,27). The molecule has 1 aromatic rings. The monoisotopic (exact) mass is 418 g/mol. The van der Waals surface area contributed by atoms with Gasteiger partial charge in [-0.25, -0.2) is 4.79 Å². The summed E-state index contributed by atoms with van der Waals surface area (Å²) in [5.74, 6) is 0.707. The summed E-state index contributed by atoms with van der Waals surface area (Å²) < 4.78 is 18.1. The Morgan fingerprint density at radius 1 is 1.17 bits per heavy atom. The van der Waals surface area contributed by atoms with Gasteiger partial charge in [-0.3, -0.25) is 0 Å². The van der Waals surface area contributed by atoms with Crippen molar-refractivity contribution in [3.05, 3.63) is 18.2 Å². The minimum absolute atomic E-state index is 0.0995. The number of piperazine rings is 1. The Balaban J connectivity index is 1.86. The lowest BCUT2D eigenvalue weighted by molar-refractivity contribution is 0.00578. The number of amides is 1. The zero-order chi connectivity index (χ0) is 22.5. The van der Waals surface area contributed by atoms with E-state index in [1.165, 1.54) is 0 Å². The van der Waals surface area contributed by atoms with Crippen molar-refractivity contribution in [2.75, 3.05) is 31.6 Å². The maximum atomic E-state index is 11.7. The first-order chi connectivity index (χ1) is 13.8. The summed E-state index contributed by atoms with van der Waals surface area (Å²) in [5, 5.41) is 9.61. The van der Waals surface area contributed by atoms with Crippen LogP contribution in [0.2, 0.25) is 0 Å². The Bertz CT molecular complexity index is 789. The van der Waals surface area contributed by atoms with Gasteiger partial charge in [0.1, 0.15) is 5.75 Å². The molecule has 0 aromatic heterocycles. The van der Waals surface area contributed by atoms with Crippen LogP contribution in [0.1, 0.15) is 48.5 Å². The zero-order valence-corrected chi connectivity index (χ0v) is 19.5. The third-order valence-electron chi connectivity index (χ3n) is 6.72. The molecule has 166 valence electrons. The van der Waals surface area contributed by atoms with E-state index in [4.69, 9.17) is 14.0 Å². The van der Waals surface area contributed by atoms with Crippen molar-refractivity contribution in [2.45, 2.75) is 65.7 Å². The summed E-state index contributed by atoms with van der Waals surface area (Å²) in [6.07, 6.45) is -0.858. The summed E-state index contributed by atoms with van der Waals surface area (Å²) >= 11 is 0. The van der Waals surface area contributed by atoms with E-state index in [1.54, 1.807) is 12.0 Å².